The van der Waals surface area contributed by atoms with E-state index < -0.39 is 0 Å². The number of pyridine rings is 1. The number of aromatic nitrogens is 3. The van der Waals surface area contributed by atoms with Crippen LogP contribution in [0.3, 0.4) is 0 Å². The maximum absolute atomic E-state index is 5.43. The molecule has 0 bridgehead atoms. The number of hydrogen-bond acceptors (Lipinski definition) is 5. The largest absolute Gasteiger partial charge is 0.379 e. The minimum absolute atomic E-state index is 0.822. The van der Waals surface area contributed by atoms with Crippen molar-refractivity contribution >= 4 is 22.7 Å². The molecule has 6 heteroatoms. The van der Waals surface area contributed by atoms with Crippen LogP contribution in [0, 0.1) is 6.92 Å². The summed E-state index contributed by atoms with van der Waals surface area (Å²) < 4.78 is 7.60. The highest BCUT2D eigenvalue weighted by Crippen LogP contribution is 2.29. The van der Waals surface area contributed by atoms with Crippen LogP contribution >= 0.6 is 11.8 Å². The number of thioether (sulfide) groups is 1. The molecule has 0 saturated carbocycles. The monoisotopic (exact) mass is 444 g/mol. The molecule has 0 unspecified atom stereocenters. The van der Waals surface area contributed by atoms with Crippen molar-refractivity contribution in [1.82, 2.24) is 19.4 Å². The molecule has 4 aromatic rings. The van der Waals surface area contributed by atoms with E-state index in [0.717, 1.165) is 56.4 Å². The van der Waals surface area contributed by atoms with Gasteiger partial charge in [-0.1, -0.05) is 36.4 Å². The molecule has 0 aliphatic carbocycles. The number of imidazole rings is 1. The second-order valence-corrected chi connectivity index (χ2v) is 9.38. The maximum atomic E-state index is 5.43. The summed E-state index contributed by atoms with van der Waals surface area (Å²) in [5.74, 6) is 0.946. The first-order valence-corrected chi connectivity index (χ1v) is 12.1. The zero-order valence-corrected chi connectivity index (χ0v) is 19.2. The zero-order chi connectivity index (χ0) is 21.8. The van der Waals surface area contributed by atoms with Gasteiger partial charge < -0.3 is 9.30 Å². The lowest BCUT2D eigenvalue weighted by Crippen LogP contribution is -2.35. The minimum atomic E-state index is 0.822. The Hall–Kier alpha value is -2.67. The van der Waals surface area contributed by atoms with Crippen molar-refractivity contribution < 1.29 is 4.74 Å². The van der Waals surface area contributed by atoms with Crippen LogP contribution in [0.25, 0.3) is 10.9 Å². The van der Waals surface area contributed by atoms with Gasteiger partial charge in [-0.3, -0.25) is 9.88 Å². The minimum Gasteiger partial charge on any atom is -0.379 e. The van der Waals surface area contributed by atoms with Crippen molar-refractivity contribution in [2.45, 2.75) is 30.7 Å². The first-order valence-electron chi connectivity index (χ1n) is 11.1. The van der Waals surface area contributed by atoms with Gasteiger partial charge in [0.05, 0.1) is 30.8 Å². The van der Waals surface area contributed by atoms with Gasteiger partial charge in [0, 0.05) is 54.6 Å². The van der Waals surface area contributed by atoms with Gasteiger partial charge in [-0.15, -0.1) is 11.8 Å². The lowest BCUT2D eigenvalue weighted by Gasteiger charge is -2.25. The van der Waals surface area contributed by atoms with E-state index in [1.807, 2.05) is 24.3 Å². The number of nitrogens with zero attached hydrogens (tertiary/aromatic N) is 4. The molecule has 1 aliphatic heterocycles. The number of morpholine rings is 1. The van der Waals surface area contributed by atoms with Gasteiger partial charge in [0.15, 0.2) is 0 Å². The van der Waals surface area contributed by atoms with Gasteiger partial charge >= 0.3 is 0 Å². The lowest BCUT2D eigenvalue weighted by molar-refractivity contribution is 0.0337. The van der Waals surface area contributed by atoms with Crippen molar-refractivity contribution in [3.8, 4) is 0 Å². The van der Waals surface area contributed by atoms with Gasteiger partial charge in [-0.25, -0.2) is 4.98 Å². The molecule has 0 atom stereocenters. The summed E-state index contributed by atoms with van der Waals surface area (Å²) >= 11 is 1.87. The van der Waals surface area contributed by atoms with Crippen LogP contribution in [0.2, 0.25) is 0 Å². The summed E-state index contributed by atoms with van der Waals surface area (Å²) in [5.41, 5.74) is 6.06. The molecule has 2 aromatic carbocycles. The molecule has 5 rings (SSSR count). The summed E-state index contributed by atoms with van der Waals surface area (Å²) in [5, 5.41) is 1.23. The Morgan fingerprint density at radius 3 is 2.59 bits per heavy atom. The van der Waals surface area contributed by atoms with E-state index in [-0.39, 0.29) is 0 Å². The molecular weight excluding hydrogens is 416 g/mol. The van der Waals surface area contributed by atoms with Gasteiger partial charge in [-0.2, -0.15) is 0 Å². The van der Waals surface area contributed by atoms with Gasteiger partial charge in [0.2, 0.25) is 0 Å². The average Bonchev–Trinajstić information content (AvgIpc) is 3.25. The molecule has 164 valence electrons. The van der Waals surface area contributed by atoms with E-state index >= 15 is 0 Å². The molecule has 1 saturated heterocycles. The molecule has 1 aliphatic rings. The fourth-order valence-electron chi connectivity index (χ4n) is 4.03. The molecule has 2 aromatic heterocycles. The Balaban J connectivity index is 1.18. The second-order valence-electron chi connectivity index (χ2n) is 8.36. The predicted octanol–water partition coefficient (Wildman–Crippen LogP) is 4.91. The van der Waals surface area contributed by atoms with Crippen molar-refractivity contribution in [2.75, 3.05) is 26.3 Å². The number of ether oxygens (including phenoxy) is 1. The number of aryl methyl sites for hydroxylation is 1. The molecule has 1 fully saturated rings. The van der Waals surface area contributed by atoms with Gasteiger partial charge in [0.1, 0.15) is 0 Å². The van der Waals surface area contributed by atoms with Crippen molar-refractivity contribution in [2.24, 2.45) is 0 Å². The predicted molar refractivity (Wildman–Crippen MR) is 130 cm³/mol. The van der Waals surface area contributed by atoms with Crippen LogP contribution in [0.4, 0.5) is 0 Å². The van der Waals surface area contributed by atoms with Gasteiger partial charge in [0.25, 0.3) is 0 Å². The highest BCUT2D eigenvalue weighted by molar-refractivity contribution is 7.98. The Morgan fingerprint density at radius 1 is 0.938 bits per heavy atom. The molecule has 32 heavy (non-hydrogen) atoms. The molecule has 0 amide bonds. The Labute approximate surface area is 193 Å². The van der Waals surface area contributed by atoms with Crippen LogP contribution in [0.5, 0.6) is 0 Å². The smallest absolute Gasteiger partial charge is 0.0953 e. The maximum Gasteiger partial charge on any atom is 0.0953 e. The van der Waals surface area contributed by atoms with Crippen molar-refractivity contribution in [3.63, 3.8) is 0 Å². The first-order chi connectivity index (χ1) is 15.7. The van der Waals surface area contributed by atoms with E-state index in [1.165, 1.54) is 27.0 Å². The summed E-state index contributed by atoms with van der Waals surface area (Å²) in [6.07, 6.45) is 6.01. The van der Waals surface area contributed by atoms with Crippen molar-refractivity contribution in [3.05, 3.63) is 89.6 Å². The summed E-state index contributed by atoms with van der Waals surface area (Å²) in [6, 6.07) is 17.5. The first kappa shape index (κ1) is 21.2. The summed E-state index contributed by atoms with van der Waals surface area (Å²) in [7, 11) is 0. The van der Waals surface area contributed by atoms with Crippen LogP contribution in [-0.4, -0.2) is 45.7 Å². The van der Waals surface area contributed by atoms with E-state index in [9.17, 15) is 0 Å². The molecule has 0 N–H and O–H groups in total. The fraction of sp³-hybridized carbons (Fsp3) is 0.308. The summed E-state index contributed by atoms with van der Waals surface area (Å²) in [6.45, 7) is 7.47. The SMILES string of the molecule is Cc1ccc2c(SCc3ccc(Cn4cnc(CN5CCOCC5)c4)cc3)ccnc2c1. The van der Waals surface area contributed by atoms with E-state index in [1.54, 1.807) is 0 Å². The molecule has 0 spiro atoms. The zero-order valence-electron chi connectivity index (χ0n) is 18.4. The number of hydrogen-bond donors (Lipinski definition) is 0. The Morgan fingerprint density at radius 2 is 1.75 bits per heavy atom. The second kappa shape index (κ2) is 9.86. The molecule has 5 nitrogen and oxygen atoms in total. The van der Waals surface area contributed by atoms with E-state index in [2.05, 4.69) is 81.1 Å². The number of benzene rings is 2. The molecular formula is C26H28N4OS. The van der Waals surface area contributed by atoms with Crippen LogP contribution in [0.1, 0.15) is 22.4 Å². The highest BCUT2D eigenvalue weighted by Gasteiger charge is 2.12. The summed E-state index contributed by atoms with van der Waals surface area (Å²) in [4.78, 5) is 12.8. The van der Waals surface area contributed by atoms with E-state index in [4.69, 9.17) is 4.74 Å². The number of rotatable bonds is 7. The Bertz CT molecular complexity index is 1180. The highest BCUT2D eigenvalue weighted by atomic mass is 32.2. The number of fused-ring (bicyclic) bond motifs is 1. The van der Waals surface area contributed by atoms with Crippen LogP contribution in [0.15, 0.2) is 72.1 Å². The third kappa shape index (κ3) is 5.21. The van der Waals surface area contributed by atoms with Crippen LogP contribution in [-0.2, 0) is 23.6 Å². The standard InChI is InChI=1S/C26H28N4OS/c1-20-2-7-24-25(14-20)27-9-8-26(24)32-18-22-5-3-21(4-6-22)15-30-17-23(28-19-30)16-29-10-12-31-13-11-29/h2-9,14,17,19H,10-13,15-16,18H2,1H3. The van der Waals surface area contributed by atoms with Gasteiger partial charge in [-0.05, 0) is 35.7 Å². The average molecular weight is 445 g/mol. The normalized spacial score (nSPS) is 14.8. The molecule has 0 radical (unpaired) electrons. The quantitative estimate of drug-likeness (QED) is 0.379. The fourth-order valence-corrected chi connectivity index (χ4v) is 5.03. The molecule has 3 heterocycles. The van der Waals surface area contributed by atoms with E-state index in [0.29, 0.717) is 0 Å². The lowest BCUT2D eigenvalue weighted by atomic mass is 10.1. The third-order valence-corrected chi connectivity index (χ3v) is 6.96. The topological polar surface area (TPSA) is 43.2 Å². The van der Waals surface area contributed by atoms with Crippen molar-refractivity contribution in [1.29, 1.82) is 0 Å². The van der Waals surface area contributed by atoms with Crippen LogP contribution < -0.4 is 0 Å². The third-order valence-electron chi connectivity index (χ3n) is 5.82. The Kier molecular flexibility index (Phi) is 6.53.